The summed E-state index contributed by atoms with van der Waals surface area (Å²) in [7, 11) is 1.80. The molecule has 0 saturated carbocycles. The standard InChI is InChI=1S/C14H10Cl2N4O/c1-20-7-8(6-17-20)12-5-13(21)19-14(18-12)10-3-2-9(15)4-11(10)16/h2-7H,1H3,(H,18,19,21). The second kappa shape index (κ2) is 5.35. The maximum Gasteiger partial charge on any atom is 0.251 e. The summed E-state index contributed by atoms with van der Waals surface area (Å²) >= 11 is 12.0. The molecule has 0 spiro atoms. The molecule has 0 amide bonds. The lowest BCUT2D eigenvalue weighted by molar-refractivity contribution is 0.768. The van der Waals surface area contributed by atoms with Crippen LogP contribution in [0.3, 0.4) is 0 Å². The Kier molecular flexibility index (Phi) is 3.53. The first-order valence-electron chi connectivity index (χ1n) is 6.09. The Morgan fingerprint density at radius 2 is 2.05 bits per heavy atom. The zero-order chi connectivity index (χ0) is 15.0. The van der Waals surface area contributed by atoms with Gasteiger partial charge in [0.2, 0.25) is 0 Å². The van der Waals surface area contributed by atoms with Gasteiger partial charge in [0.25, 0.3) is 5.56 Å². The molecule has 0 aliphatic rings. The molecular formula is C14H10Cl2N4O. The summed E-state index contributed by atoms with van der Waals surface area (Å²) in [5, 5.41) is 5.02. The summed E-state index contributed by atoms with van der Waals surface area (Å²) in [6, 6.07) is 6.44. The summed E-state index contributed by atoms with van der Waals surface area (Å²) in [6.45, 7) is 0. The molecule has 5 nitrogen and oxygen atoms in total. The van der Waals surface area contributed by atoms with E-state index in [1.807, 2.05) is 0 Å². The van der Waals surface area contributed by atoms with Gasteiger partial charge in [-0.05, 0) is 18.2 Å². The Labute approximate surface area is 130 Å². The molecule has 3 rings (SSSR count). The van der Waals surface area contributed by atoms with Crippen LogP contribution in [0, 0.1) is 0 Å². The van der Waals surface area contributed by atoms with Crippen LogP contribution in [0.4, 0.5) is 0 Å². The first kappa shape index (κ1) is 13.9. The minimum absolute atomic E-state index is 0.259. The van der Waals surface area contributed by atoms with Crippen molar-refractivity contribution in [3.63, 3.8) is 0 Å². The van der Waals surface area contributed by atoms with Gasteiger partial charge in [-0.1, -0.05) is 23.2 Å². The number of nitrogens with zero attached hydrogens (tertiary/aromatic N) is 3. The third kappa shape index (κ3) is 2.84. The Bertz CT molecular complexity index is 869. The van der Waals surface area contributed by atoms with E-state index in [2.05, 4.69) is 15.1 Å². The molecule has 0 aliphatic carbocycles. The summed E-state index contributed by atoms with van der Waals surface area (Å²) in [4.78, 5) is 19.0. The molecule has 0 atom stereocenters. The maximum atomic E-state index is 11.9. The molecule has 0 aliphatic heterocycles. The van der Waals surface area contributed by atoms with Crippen LogP contribution in [0.15, 0.2) is 41.5 Å². The lowest BCUT2D eigenvalue weighted by atomic mass is 10.2. The van der Waals surface area contributed by atoms with Gasteiger partial charge in [-0.25, -0.2) is 4.98 Å². The molecular weight excluding hydrogens is 311 g/mol. The third-order valence-electron chi connectivity index (χ3n) is 2.93. The zero-order valence-electron chi connectivity index (χ0n) is 11.0. The van der Waals surface area contributed by atoms with E-state index in [1.54, 1.807) is 42.3 Å². The topological polar surface area (TPSA) is 63.6 Å². The molecule has 0 radical (unpaired) electrons. The number of benzene rings is 1. The summed E-state index contributed by atoms with van der Waals surface area (Å²) in [5.74, 6) is 0.392. The number of H-pyrrole nitrogens is 1. The normalized spacial score (nSPS) is 10.8. The molecule has 106 valence electrons. The van der Waals surface area contributed by atoms with E-state index in [4.69, 9.17) is 23.2 Å². The molecule has 0 bridgehead atoms. The van der Waals surface area contributed by atoms with Crippen LogP contribution in [0.1, 0.15) is 0 Å². The molecule has 3 aromatic rings. The van der Waals surface area contributed by atoms with E-state index in [9.17, 15) is 4.79 Å². The number of nitrogens with one attached hydrogen (secondary N) is 1. The van der Waals surface area contributed by atoms with Crippen LogP contribution >= 0.6 is 23.2 Å². The number of aromatic nitrogens is 4. The van der Waals surface area contributed by atoms with E-state index in [1.165, 1.54) is 6.07 Å². The molecule has 2 aromatic heterocycles. The van der Waals surface area contributed by atoms with E-state index < -0.39 is 0 Å². The molecule has 21 heavy (non-hydrogen) atoms. The van der Waals surface area contributed by atoms with Crippen molar-refractivity contribution in [2.75, 3.05) is 0 Å². The Morgan fingerprint density at radius 1 is 1.24 bits per heavy atom. The quantitative estimate of drug-likeness (QED) is 0.789. The number of halogens is 2. The van der Waals surface area contributed by atoms with Crippen molar-refractivity contribution in [2.24, 2.45) is 7.05 Å². The first-order valence-corrected chi connectivity index (χ1v) is 6.84. The van der Waals surface area contributed by atoms with Crippen LogP contribution < -0.4 is 5.56 Å². The highest BCUT2D eigenvalue weighted by molar-refractivity contribution is 6.36. The van der Waals surface area contributed by atoms with Crippen LogP contribution in [0.2, 0.25) is 10.0 Å². The van der Waals surface area contributed by atoms with Crippen LogP contribution in [-0.2, 0) is 7.05 Å². The molecule has 1 aromatic carbocycles. The van der Waals surface area contributed by atoms with Crippen molar-refractivity contribution >= 4 is 23.2 Å². The van der Waals surface area contributed by atoms with Gasteiger partial charge >= 0.3 is 0 Å². The largest absolute Gasteiger partial charge is 0.306 e. The smallest absolute Gasteiger partial charge is 0.251 e. The van der Waals surface area contributed by atoms with E-state index in [0.29, 0.717) is 27.1 Å². The van der Waals surface area contributed by atoms with E-state index >= 15 is 0 Å². The molecule has 0 saturated heterocycles. The molecule has 0 fully saturated rings. The number of rotatable bonds is 2. The molecule has 7 heteroatoms. The number of aromatic amines is 1. The maximum absolute atomic E-state index is 11.9. The highest BCUT2D eigenvalue weighted by Gasteiger charge is 2.10. The molecule has 1 N–H and O–H groups in total. The van der Waals surface area contributed by atoms with Gasteiger partial charge in [-0.15, -0.1) is 0 Å². The van der Waals surface area contributed by atoms with Gasteiger partial charge in [-0.3, -0.25) is 9.48 Å². The SMILES string of the molecule is Cn1cc(-c2cc(=O)[nH]c(-c3ccc(Cl)cc3Cl)n2)cn1. The van der Waals surface area contributed by atoms with Crippen molar-refractivity contribution in [3.05, 3.63) is 57.1 Å². The first-order chi connectivity index (χ1) is 10.0. The highest BCUT2D eigenvalue weighted by atomic mass is 35.5. The Morgan fingerprint density at radius 3 is 2.71 bits per heavy atom. The fraction of sp³-hybridized carbons (Fsp3) is 0.0714. The lowest BCUT2D eigenvalue weighted by Crippen LogP contribution is -2.08. The van der Waals surface area contributed by atoms with Gasteiger partial charge in [0, 0.05) is 35.5 Å². The number of hydrogen-bond acceptors (Lipinski definition) is 3. The van der Waals surface area contributed by atoms with Gasteiger partial charge in [0.05, 0.1) is 16.9 Å². The Hall–Kier alpha value is -2.11. The number of aryl methyl sites for hydroxylation is 1. The average Bonchev–Trinajstić information content (AvgIpc) is 2.84. The van der Waals surface area contributed by atoms with Crippen LogP contribution in [0.5, 0.6) is 0 Å². The minimum atomic E-state index is -0.259. The van der Waals surface area contributed by atoms with Gasteiger partial charge in [0.1, 0.15) is 5.82 Å². The second-order valence-electron chi connectivity index (χ2n) is 4.51. The molecule has 2 heterocycles. The van der Waals surface area contributed by atoms with Crippen molar-refractivity contribution in [2.45, 2.75) is 0 Å². The van der Waals surface area contributed by atoms with Gasteiger partial charge < -0.3 is 4.98 Å². The second-order valence-corrected chi connectivity index (χ2v) is 5.35. The fourth-order valence-corrected chi connectivity index (χ4v) is 2.47. The summed E-state index contributed by atoms with van der Waals surface area (Å²) < 4.78 is 1.65. The van der Waals surface area contributed by atoms with Crippen molar-refractivity contribution in [3.8, 4) is 22.6 Å². The summed E-state index contributed by atoms with van der Waals surface area (Å²) in [6.07, 6.45) is 3.43. The summed E-state index contributed by atoms with van der Waals surface area (Å²) in [5.41, 5.74) is 1.65. The van der Waals surface area contributed by atoms with E-state index in [0.717, 1.165) is 5.56 Å². The van der Waals surface area contributed by atoms with Crippen molar-refractivity contribution < 1.29 is 0 Å². The number of hydrogen-bond donors (Lipinski definition) is 1. The third-order valence-corrected chi connectivity index (χ3v) is 3.48. The fourth-order valence-electron chi connectivity index (χ4n) is 1.97. The van der Waals surface area contributed by atoms with Gasteiger partial charge in [-0.2, -0.15) is 5.10 Å². The predicted octanol–water partition coefficient (Wildman–Crippen LogP) is 3.14. The average molecular weight is 321 g/mol. The van der Waals surface area contributed by atoms with E-state index in [-0.39, 0.29) is 5.56 Å². The monoisotopic (exact) mass is 320 g/mol. The zero-order valence-corrected chi connectivity index (χ0v) is 12.5. The van der Waals surface area contributed by atoms with Crippen LogP contribution in [-0.4, -0.2) is 19.7 Å². The van der Waals surface area contributed by atoms with Crippen molar-refractivity contribution in [1.82, 2.24) is 19.7 Å². The predicted molar refractivity (Wildman–Crippen MR) is 82.5 cm³/mol. The molecule has 0 unspecified atom stereocenters. The van der Waals surface area contributed by atoms with Crippen LogP contribution in [0.25, 0.3) is 22.6 Å². The Balaban J connectivity index is 2.16. The highest BCUT2D eigenvalue weighted by Crippen LogP contribution is 2.28. The van der Waals surface area contributed by atoms with Crippen molar-refractivity contribution in [1.29, 1.82) is 0 Å². The minimum Gasteiger partial charge on any atom is -0.306 e. The lowest BCUT2D eigenvalue weighted by Gasteiger charge is -2.05. The van der Waals surface area contributed by atoms with Gasteiger partial charge in [0.15, 0.2) is 0 Å².